The first-order valence-corrected chi connectivity index (χ1v) is 12.8. The van der Waals surface area contributed by atoms with Crippen LogP contribution in [0.1, 0.15) is 68.2 Å². The Morgan fingerprint density at radius 2 is 1.47 bits per heavy atom. The first-order chi connectivity index (χ1) is 18.1. The number of benzene rings is 3. The van der Waals surface area contributed by atoms with E-state index in [2.05, 4.69) is 11.7 Å². The lowest BCUT2D eigenvalue weighted by Gasteiger charge is -2.29. The lowest BCUT2D eigenvalue weighted by Crippen LogP contribution is -2.25. The second-order valence-electron chi connectivity index (χ2n) is 9.83. The molecule has 4 rings (SSSR count). The van der Waals surface area contributed by atoms with E-state index in [1.807, 2.05) is 0 Å². The molecule has 8 heteroatoms. The lowest BCUT2D eigenvalue weighted by molar-refractivity contribution is -0.189. The summed E-state index contributed by atoms with van der Waals surface area (Å²) in [5, 5.41) is 0. The Morgan fingerprint density at radius 3 is 2.03 bits per heavy atom. The van der Waals surface area contributed by atoms with Gasteiger partial charge in [-0.1, -0.05) is 50.5 Å². The molecular weight excluding hydrogens is 506 g/mol. The van der Waals surface area contributed by atoms with Crippen molar-refractivity contribution in [3.8, 4) is 16.9 Å². The fourth-order valence-electron chi connectivity index (χ4n) is 4.77. The lowest BCUT2D eigenvalue weighted by atomic mass is 9.90. The van der Waals surface area contributed by atoms with Gasteiger partial charge in [0.2, 0.25) is 0 Å². The molecule has 0 spiro atoms. The van der Waals surface area contributed by atoms with Crippen LogP contribution >= 0.6 is 0 Å². The number of halogens is 6. The van der Waals surface area contributed by atoms with Gasteiger partial charge in [-0.2, -0.15) is 8.78 Å². The van der Waals surface area contributed by atoms with Gasteiger partial charge in [0.25, 0.3) is 0 Å². The molecule has 1 heterocycles. The van der Waals surface area contributed by atoms with Gasteiger partial charge in [-0.3, -0.25) is 0 Å². The van der Waals surface area contributed by atoms with Crippen LogP contribution in [-0.4, -0.2) is 6.61 Å². The van der Waals surface area contributed by atoms with E-state index in [0.717, 1.165) is 43.9 Å². The van der Waals surface area contributed by atoms with Crippen molar-refractivity contribution in [1.29, 1.82) is 0 Å². The van der Waals surface area contributed by atoms with Gasteiger partial charge in [0.15, 0.2) is 0 Å². The number of alkyl halides is 2. The fourth-order valence-corrected chi connectivity index (χ4v) is 4.77. The molecule has 0 bridgehead atoms. The summed E-state index contributed by atoms with van der Waals surface area (Å²) in [7, 11) is 0. The van der Waals surface area contributed by atoms with E-state index < -0.39 is 46.3 Å². The summed E-state index contributed by atoms with van der Waals surface area (Å²) in [6.45, 7) is 3.99. The van der Waals surface area contributed by atoms with Crippen LogP contribution in [0.5, 0.6) is 5.75 Å². The van der Waals surface area contributed by atoms with Crippen molar-refractivity contribution in [2.75, 3.05) is 6.61 Å². The quantitative estimate of drug-likeness (QED) is 0.200. The minimum atomic E-state index is -4.52. The molecule has 1 aliphatic rings. The highest BCUT2D eigenvalue weighted by Gasteiger charge is 2.41. The van der Waals surface area contributed by atoms with Crippen LogP contribution < -0.4 is 4.74 Å². The second kappa shape index (κ2) is 11.8. The highest BCUT2D eigenvalue weighted by atomic mass is 19.3. The Kier molecular flexibility index (Phi) is 8.71. The van der Waals surface area contributed by atoms with Crippen molar-refractivity contribution in [3.05, 3.63) is 88.5 Å². The third-order valence-electron chi connectivity index (χ3n) is 7.04. The molecule has 204 valence electrons. The summed E-state index contributed by atoms with van der Waals surface area (Å²) >= 11 is 0. The monoisotopic (exact) mass is 536 g/mol. The Hall–Kier alpha value is -3.00. The zero-order valence-corrected chi connectivity index (χ0v) is 21.3. The van der Waals surface area contributed by atoms with Crippen molar-refractivity contribution in [1.82, 2.24) is 0 Å². The van der Waals surface area contributed by atoms with Gasteiger partial charge >= 0.3 is 6.11 Å². The van der Waals surface area contributed by atoms with Crippen molar-refractivity contribution in [2.24, 2.45) is 5.92 Å². The number of ether oxygens (including phenoxy) is 2. The summed E-state index contributed by atoms with van der Waals surface area (Å²) in [6.07, 6.45) is 2.16. The standard InChI is InChI=1S/C30H30F6O2/c1-3-4-5-6-19-7-12-28(37-17-19)21-10-8-20(9-11-21)22-13-26(33)29(27(34)14-22)30(35,36)38-23-15-24(31)18(2)25(32)16-23/h8-11,13-16,19,28H,3-7,12,17H2,1-2H3. The number of hydrogen-bond acceptors (Lipinski definition) is 2. The molecule has 0 aromatic heterocycles. The first-order valence-electron chi connectivity index (χ1n) is 12.8. The SMILES string of the molecule is CCCCCC1CCC(c2ccc(-c3cc(F)c(C(F)(F)Oc4cc(F)c(C)c(F)c4)c(F)c3)cc2)OC1. The molecule has 1 aliphatic heterocycles. The predicted octanol–water partition coefficient (Wildman–Crippen LogP) is 9.39. The maximum atomic E-state index is 14.8. The molecule has 0 saturated carbocycles. The molecule has 2 nitrogen and oxygen atoms in total. The van der Waals surface area contributed by atoms with E-state index in [1.54, 1.807) is 24.3 Å². The van der Waals surface area contributed by atoms with Crippen LogP contribution in [-0.2, 0) is 10.8 Å². The molecule has 0 amide bonds. The minimum absolute atomic E-state index is 0.0547. The summed E-state index contributed by atoms with van der Waals surface area (Å²) in [6, 6.07) is 9.54. The van der Waals surface area contributed by atoms with Gasteiger partial charge in [-0.25, -0.2) is 17.6 Å². The molecule has 0 N–H and O–H groups in total. The summed E-state index contributed by atoms with van der Waals surface area (Å²) in [5.74, 6) is -5.68. The summed E-state index contributed by atoms with van der Waals surface area (Å²) < 4.78 is 96.7. The largest absolute Gasteiger partial charge is 0.432 e. The Balaban J connectivity index is 1.47. The zero-order chi connectivity index (χ0) is 27.4. The second-order valence-corrected chi connectivity index (χ2v) is 9.83. The number of unbranched alkanes of at least 4 members (excludes halogenated alkanes) is 2. The molecule has 38 heavy (non-hydrogen) atoms. The van der Waals surface area contributed by atoms with Crippen LogP contribution in [0.2, 0.25) is 0 Å². The van der Waals surface area contributed by atoms with Gasteiger partial charge in [0.1, 0.15) is 34.6 Å². The van der Waals surface area contributed by atoms with E-state index in [9.17, 15) is 26.3 Å². The minimum Gasteiger partial charge on any atom is -0.429 e. The number of rotatable bonds is 9. The smallest absolute Gasteiger partial charge is 0.429 e. The maximum Gasteiger partial charge on any atom is 0.432 e. The normalized spacial score (nSPS) is 18.0. The molecule has 3 aromatic rings. The van der Waals surface area contributed by atoms with Crippen LogP contribution in [0.15, 0.2) is 48.5 Å². The third kappa shape index (κ3) is 6.34. The van der Waals surface area contributed by atoms with Crippen molar-refractivity contribution < 1.29 is 35.8 Å². The van der Waals surface area contributed by atoms with Gasteiger partial charge in [-0.15, -0.1) is 0 Å². The zero-order valence-electron chi connectivity index (χ0n) is 21.3. The predicted molar refractivity (Wildman–Crippen MR) is 133 cm³/mol. The molecule has 0 radical (unpaired) electrons. The fraction of sp³-hybridized carbons (Fsp3) is 0.400. The topological polar surface area (TPSA) is 18.5 Å². The van der Waals surface area contributed by atoms with E-state index in [4.69, 9.17) is 4.74 Å². The van der Waals surface area contributed by atoms with E-state index >= 15 is 0 Å². The molecule has 2 unspecified atom stereocenters. The van der Waals surface area contributed by atoms with Crippen molar-refractivity contribution in [2.45, 2.75) is 64.6 Å². The van der Waals surface area contributed by atoms with Crippen LogP contribution in [0.25, 0.3) is 11.1 Å². The van der Waals surface area contributed by atoms with Crippen molar-refractivity contribution in [3.63, 3.8) is 0 Å². The van der Waals surface area contributed by atoms with Crippen molar-refractivity contribution >= 4 is 0 Å². The highest BCUT2D eigenvalue weighted by molar-refractivity contribution is 5.64. The van der Waals surface area contributed by atoms with Gasteiger partial charge in [0.05, 0.1) is 12.7 Å². The van der Waals surface area contributed by atoms with E-state index in [1.165, 1.54) is 19.3 Å². The van der Waals surface area contributed by atoms with Crippen LogP contribution in [0.3, 0.4) is 0 Å². The Bertz CT molecular complexity index is 1200. The molecule has 0 aliphatic carbocycles. The van der Waals surface area contributed by atoms with E-state index in [-0.39, 0.29) is 11.7 Å². The summed E-state index contributed by atoms with van der Waals surface area (Å²) in [4.78, 5) is 0. The van der Waals surface area contributed by atoms with E-state index in [0.29, 0.717) is 30.2 Å². The maximum absolute atomic E-state index is 14.8. The molecule has 3 aromatic carbocycles. The summed E-state index contributed by atoms with van der Waals surface area (Å²) in [5.41, 5.74) is -0.619. The third-order valence-corrected chi connectivity index (χ3v) is 7.04. The van der Waals surface area contributed by atoms with Gasteiger partial charge in [-0.05, 0) is 60.9 Å². The average molecular weight is 537 g/mol. The first kappa shape index (κ1) is 28.0. The molecular formula is C30H30F6O2. The van der Waals surface area contributed by atoms with Gasteiger partial charge < -0.3 is 9.47 Å². The highest BCUT2D eigenvalue weighted by Crippen LogP contribution is 2.38. The molecule has 1 saturated heterocycles. The van der Waals surface area contributed by atoms with Gasteiger partial charge in [0, 0.05) is 17.7 Å². The van der Waals surface area contributed by atoms with Crippen LogP contribution in [0.4, 0.5) is 26.3 Å². The number of hydrogen-bond donors (Lipinski definition) is 0. The molecule has 1 fully saturated rings. The Morgan fingerprint density at radius 1 is 0.842 bits per heavy atom. The van der Waals surface area contributed by atoms with Crippen LogP contribution in [0, 0.1) is 36.1 Å². The average Bonchev–Trinajstić information content (AvgIpc) is 2.87. The molecule has 2 atom stereocenters. The Labute approximate surface area is 218 Å².